The van der Waals surface area contributed by atoms with Gasteiger partial charge in [-0.3, -0.25) is 4.90 Å². The van der Waals surface area contributed by atoms with Crippen molar-refractivity contribution in [2.75, 3.05) is 13.2 Å². The monoisotopic (exact) mass is 247 g/mol. The van der Waals surface area contributed by atoms with Crippen molar-refractivity contribution < 1.29 is 4.74 Å². The fraction of sp³-hybridized carbons (Fsp3) is 0.778. The molecule has 0 aliphatic carbocycles. The standard InChI is InChI=1S/C9H14ClN3OS/c1-6-5-14-7(2)3-13(6)4-8-9(10)15-12-11-8/h6-7H,3-5H2,1-2H3/t6-,7-/m1/s1. The Kier molecular flexibility index (Phi) is 3.56. The predicted octanol–water partition coefficient (Wildman–Crippen LogP) is 1.80. The number of nitrogens with zero attached hydrogens (tertiary/aromatic N) is 3. The molecule has 84 valence electrons. The number of halogens is 1. The Bertz CT molecular complexity index is 333. The number of aromatic nitrogens is 2. The van der Waals surface area contributed by atoms with Crippen LogP contribution >= 0.6 is 23.1 Å². The summed E-state index contributed by atoms with van der Waals surface area (Å²) in [6.07, 6.45) is 0.284. The summed E-state index contributed by atoms with van der Waals surface area (Å²) in [5.41, 5.74) is 0.877. The molecule has 0 amide bonds. The van der Waals surface area contributed by atoms with Crippen LogP contribution in [0.3, 0.4) is 0 Å². The lowest BCUT2D eigenvalue weighted by atomic mass is 10.2. The molecule has 1 fully saturated rings. The van der Waals surface area contributed by atoms with E-state index in [1.54, 1.807) is 0 Å². The molecule has 0 unspecified atom stereocenters. The Morgan fingerprint density at radius 2 is 2.40 bits per heavy atom. The van der Waals surface area contributed by atoms with E-state index in [9.17, 15) is 0 Å². The molecule has 1 saturated heterocycles. The fourth-order valence-electron chi connectivity index (χ4n) is 1.68. The van der Waals surface area contributed by atoms with Crippen molar-refractivity contribution in [1.29, 1.82) is 0 Å². The minimum absolute atomic E-state index is 0.284. The van der Waals surface area contributed by atoms with Gasteiger partial charge in [-0.15, -0.1) is 5.10 Å². The van der Waals surface area contributed by atoms with Crippen LogP contribution in [0, 0.1) is 0 Å². The van der Waals surface area contributed by atoms with Crippen LogP contribution in [0.1, 0.15) is 19.5 Å². The number of hydrogen-bond donors (Lipinski definition) is 0. The van der Waals surface area contributed by atoms with Crippen molar-refractivity contribution in [3.05, 3.63) is 10.0 Å². The first kappa shape index (κ1) is 11.3. The van der Waals surface area contributed by atoms with Gasteiger partial charge in [-0.05, 0) is 13.8 Å². The molecule has 2 heterocycles. The molecule has 4 nitrogen and oxygen atoms in total. The largest absolute Gasteiger partial charge is 0.376 e. The second-order valence-corrected chi connectivity index (χ2v) is 5.27. The van der Waals surface area contributed by atoms with E-state index in [2.05, 4.69) is 28.3 Å². The van der Waals surface area contributed by atoms with Gasteiger partial charge in [0.25, 0.3) is 0 Å². The molecule has 0 saturated carbocycles. The number of hydrogen-bond acceptors (Lipinski definition) is 5. The Labute approximate surface area is 98.3 Å². The molecule has 2 atom stereocenters. The number of morpholine rings is 1. The Balaban J connectivity index is 2.01. The Morgan fingerprint density at radius 1 is 1.60 bits per heavy atom. The molecule has 1 aromatic rings. The number of ether oxygens (including phenoxy) is 1. The second-order valence-electron chi connectivity index (χ2n) is 3.92. The molecule has 1 aliphatic heterocycles. The van der Waals surface area contributed by atoms with Crippen molar-refractivity contribution in [3.63, 3.8) is 0 Å². The second kappa shape index (κ2) is 4.74. The lowest BCUT2D eigenvalue weighted by Crippen LogP contribution is -2.46. The van der Waals surface area contributed by atoms with E-state index in [1.807, 2.05) is 0 Å². The van der Waals surface area contributed by atoms with Crippen LogP contribution in [0.5, 0.6) is 0 Å². The van der Waals surface area contributed by atoms with Crippen LogP contribution in [-0.2, 0) is 11.3 Å². The Hall–Kier alpha value is -0.230. The highest BCUT2D eigenvalue weighted by Crippen LogP contribution is 2.21. The van der Waals surface area contributed by atoms with E-state index in [0.717, 1.165) is 25.4 Å². The van der Waals surface area contributed by atoms with Crippen LogP contribution in [0.15, 0.2) is 0 Å². The summed E-state index contributed by atoms with van der Waals surface area (Å²) in [7, 11) is 0. The summed E-state index contributed by atoms with van der Waals surface area (Å²) in [6.45, 7) is 6.70. The van der Waals surface area contributed by atoms with Gasteiger partial charge in [0, 0.05) is 30.7 Å². The molecule has 0 spiro atoms. The summed E-state index contributed by atoms with van der Waals surface area (Å²) < 4.78 is 10.1. The fourth-order valence-corrected chi connectivity index (χ4v) is 2.29. The maximum Gasteiger partial charge on any atom is 0.138 e. The van der Waals surface area contributed by atoms with Crippen LogP contribution < -0.4 is 0 Å². The summed E-state index contributed by atoms with van der Waals surface area (Å²) in [6, 6.07) is 0.416. The molecule has 0 N–H and O–H groups in total. The minimum atomic E-state index is 0.284. The molecule has 15 heavy (non-hydrogen) atoms. The molecule has 2 rings (SSSR count). The van der Waals surface area contributed by atoms with Crippen LogP contribution in [0.4, 0.5) is 0 Å². The van der Waals surface area contributed by atoms with E-state index in [-0.39, 0.29) is 6.10 Å². The molecular formula is C9H14ClN3OS. The number of rotatable bonds is 2. The lowest BCUT2D eigenvalue weighted by Gasteiger charge is -2.36. The van der Waals surface area contributed by atoms with E-state index >= 15 is 0 Å². The zero-order chi connectivity index (χ0) is 10.8. The third-order valence-corrected chi connectivity index (χ3v) is 3.58. The summed E-state index contributed by atoms with van der Waals surface area (Å²) in [4.78, 5) is 2.33. The highest BCUT2D eigenvalue weighted by atomic mass is 35.5. The van der Waals surface area contributed by atoms with Gasteiger partial charge in [0.1, 0.15) is 10.0 Å². The van der Waals surface area contributed by atoms with E-state index in [0.29, 0.717) is 10.4 Å². The topological polar surface area (TPSA) is 38.2 Å². The normalized spacial score (nSPS) is 28.2. The van der Waals surface area contributed by atoms with Crippen molar-refractivity contribution in [3.8, 4) is 0 Å². The van der Waals surface area contributed by atoms with Gasteiger partial charge >= 0.3 is 0 Å². The van der Waals surface area contributed by atoms with Gasteiger partial charge in [0.2, 0.25) is 0 Å². The average molecular weight is 248 g/mol. The summed E-state index contributed by atoms with van der Waals surface area (Å²) >= 11 is 7.22. The smallest absolute Gasteiger partial charge is 0.138 e. The zero-order valence-corrected chi connectivity index (χ0v) is 10.4. The highest BCUT2D eigenvalue weighted by Gasteiger charge is 2.24. The SMILES string of the molecule is C[C@@H]1CN(Cc2nnsc2Cl)[C@H](C)CO1. The third-order valence-electron chi connectivity index (χ3n) is 2.60. The van der Waals surface area contributed by atoms with Crippen molar-refractivity contribution >= 4 is 23.1 Å². The molecule has 0 aromatic carbocycles. The molecule has 1 aromatic heterocycles. The minimum Gasteiger partial charge on any atom is -0.376 e. The summed E-state index contributed by atoms with van der Waals surface area (Å²) in [5.74, 6) is 0. The first-order chi connectivity index (χ1) is 7.16. The van der Waals surface area contributed by atoms with Gasteiger partial charge in [-0.25, -0.2) is 0 Å². The van der Waals surface area contributed by atoms with Crippen LogP contribution in [-0.4, -0.2) is 39.8 Å². The molecular weight excluding hydrogens is 234 g/mol. The first-order valence-electron chi connectivity index (χ1n) is 4.99. The third kappa shape index (κ3) is 2.66. The van der Waals surface area contributed by atoms with E-state index in [4.69, 9.17) is 16.3 Å². The Morgan fingerprint density at radius 3 is 3.07 bits per heavy atom. The molecule has 6 heteroatoms. The highest BCUT2D eigenvalue weighted by molar-refractivity contribution is 7.10. The predicted molar refractivity (Wildman–Crippen MR) is 60.2 cm³/mol. The van der Waals surface area contributed by atoms with Gasteiger partial charge in [0.05, 0.1) is 12.7 Å². The molecule has 0 bridgehead atoms. The molecule has 0 radical (unpaired) electrons. The van der Waals surface area contributed by atoms with Crippen molar-refractivity contribution in [2.45, 2.75) is 32.5 Å². The van der Waals surface area contributed by atoms with E-state index in [1.165, 1.54) is 11.5 Å². The summed E-state index contributed by atoms with van der Waals surface area (Å²) in [5, 5.41) is 4.02. The maximum atomic E-state index is 5.98. The van der Waals surface area contributed by atoms with Crippen LogP contribution in [0.25, 0.3) is 0 Å². The molecule has 1 aliphatic rings. The van der Waals surface area contributed by atoms with Gasteiger partial charge in [-0.1, -0.05) is 16.1 Å². The quantitative estimate of drug-likeness (QED) is 0.799. The van der Waals surface area contributed by atoms with Crippen molar-refractivity contribution in [2.24, 2.45) is 0 Å². The van der Waals surface area contributed by atoms with Gasteiger partial charge in [0.15, 0.2) is 0 Å². The van der Waals surface area contributed by atoms with E-state index < -0.39 is 0 Å². The van der Waals surface area contributed by atoms with Crippen LogP contribution in [0.2, 0.25) is 4.34 Å². The lowest BCUT2D eigenvalue weighted by molar-refractivity contribution is -0.0530. The maximum absolute atomic E-state index is 5.98. The van der Waals surface area contributed by atoms with Crippen molar-refractivity contribution in [1.82, 2.24) is 14.5 Å². The average Bonchev–Trinajstić information content (AvgIpc) is 2.58. The zero-order valence-electron chi connectivity index (χ0n) is 8.81. The van der Waals surface area contributed by atoms with Gasteiger partial charge < -0.3 is 4.74 Å². The first-order valence-corrected chi connectivity index (χ1v) is 6.14. The van der Waals surface area contributed by atoms with Gasteiger partial charge in [-0.2, -0.15) is 0 Å².